The third kappa shape index (κ3) is 3.66. The van der Waals surface area contributed by atoms with Gasteiger partial charge in [-0.2, -0.15) is 0 Å². The fourth-order valence-corrected chi connectivity index (χ4v) is 3.58. The molecule has 3 aromatic rings. The summed E-state index contributed by atoms with van der Waals surface area (Å²) in [6, 6.07) is 12.1. The number of nitrogens with one attached hydrogen (secondary N) is 2. The van der Waals surface area contributed by atoms with Crippen molar-refractivity contribution in [3.63, 3.8) is 0 Å². The number of carbonyl (C=O) groups is 1. The van der Waals surface area contributed by atoms with Gasteiger partial charge in [0.15, 0.2) is 0 Å². The average Bonchev–Trinajstić information content (AvgIpc) is 3.15. The molecule has 1 aromatic heterocycles. The van der Waals surface area contributed by atoms with Crippen molar-refractivity contribution in [1.82, 2.24) is 15.3 Å². The number of aromatic nitrogens is 2. The second kappa shape index (κ2) is 7.67. The molecule has 8 heteroatoms. The molecule has 4 rings (SSSR count). The maximum absolute atomic E-state index is 12.9. The minimum Gasteiger partial charge on any atom is -0.371 e. The van der Waals surface area contributed by atoms with Gasteiger partial charge >= 0.3 is 0 Å². The molecule has 0 unspecified atom stereocenters. The van der Waals surface area contributed by atoms with Gasteiger partial charge in [0.2, 0.25) is 0 Å². The molecule has 0 atom stereocenters. The molecule has 1 fully saturated rings. The first kappa shape index (κ1) is 18.0. The van der Waals surface area contributed by atoms with Crippen molar-refractivity contribution in [3.05, 3.63) is 64.0 Å². The van der Waals surface area contributed by atoms with E-state index in [1.807, 2.05) is 24.3 Å². The van der Waals surface area contributed by atoms with Crippen molar-refractivity contribution in [1.29, 1.82) is 0 Å². The molecule has 1 aliphatic heterocycles. The van der Waals surface area contributed by atoms with E-state index in [0.717, 1.165) is 49.1 Å². The van der Waals surface area contributed by atoms with E-state index in [-0.39, 0.29) is 18.1 Å². The molecule has 2 heterocycles. The standard InChI is InChI=1S/C20H21N5O3/c26-20(21-13-19-22-16-6-2-3-7-17(16)23-19)15-12-14(25(27)28)8-9-18(15)24-10-4-1-5-11-24/h2-3,6-9,12H,1,4-5,10-11,13H2,(H,21,26)(H,22,23). The third-order valence-electron chi connectivity index (χ3n) is 4.99. The van der Waals surface area contributed by atoms with Gasteiger partial charge in [-0.25, -0.2) is 4.98 Å². The van der Waals surface area contributed by atoms with Gasteiger partial charge in [-0.3, -0.25) is 14.9 Å². The van der Waals surface area contributed by atoms with Crippen molar-refractivity contribution in [2.75, 3.05) is 18.0 Å². The molecule has 2 aromatic carbocycles. The lowest BCUT2D eigenvalue weighted by Crippen LogP contribution is -2.32. The van der Waals surface area contributed by atoms with E-state index in [0.29, 0.717) is 11.4 Å². The van der Waals surface area contributed by atoms with E-state index in [9.17, 15) is 14.9 Å². The number of hydrogen-bond donors (Lipinski definition) is 2. The summed E-state index contributed by atoms with van der Waals surface area (Å²) in [6.07, 6.45) is 3.27. The fraction of sp³-hybridized carbons (Fsp3) is 0.300. The van der Waals surface area contributed by atoms with Crippen LogP contribution < -0.4 is 10.2 Å². The lowest BCUT2D eigenvalue weighted by atomic mass is 10.1. The molecule has 0 bridgehead atoms. The van der Waals surface area contributed by atoms with Crippen LogP contribution in [0.3, 0.4) is 0 Å². The van der Waals surface area contributed by atoms with Gasteiger partial charge in [0.1, 0.15) is 5.82 Å². The number of nitrogens with zero attached hydrogens (tertiary/aromatic N) is 3. The molecule has 1 saturated heterocycles. The molecular weight excluding hydrogens is 358 g/mol. The van der Waals surface area contributed by atoms with Gasteiger partial charge in [0, 0.05) is 25.2 Å². The van der Waals surface area contributed by atoms with Crippen molar-refractivity contribution in [2.45, 2.75) is 25.8 Å². The second-order valence-electron chi connectivity index (χ2n) is 6.89. The Hall–Kier alpha value is -3.42. The zero-order chi connectivity index (χ0) is 19.5. The first-order chi connectivity index (χ1) is 13.6. The van der Waals surface area contributed by atoms with Gasteiger partial charge < -0.3 is 15.2 Å². The van der Waals surface area contributed by atoms with Crippen LogP contribution in [-0.2, 0) is 6.54 Å². The van der Waals surface area contributed by atoms with Crippen molar-refractivity contribution >= 4 is 28.3 Å². The zero-order valence-electron chi connectivity index (χ0n) is 15.4. The molecule has 8 nitrogen and oxygen atoms in total. The lowest BCUT2D eigenvalue weighted by Gasteiger charge is -2.30. The number of para-hydroxylation sites is 2. The number of imidazole rings is 1. The number of rotatable bonds is 5. The molecule has 28 heavy (non-hydrogen) atoms. The van der Waals surface area contributed by atoms with Gasteiger partial charge in [0.05, 0.1) is 33.8 Å². The Morgan fingerprint density at radius 3 is 2.71 bits per heavy atom. The van der Waals surface area contributed by atoms with Crippen LogP contribution in [0.4, 0.5) is 11.4 Å². The van der Waals surface area contributed by atoms with Crippen LogP contribution in [0.2, 0.25) is 0 Å². The summed E-state index contributed by atoms with van der Waals surface area (Å²) >= 11 is 0. The number of nitro benzene ring substituents is 1. The normalized spacial score (nSPS) is 14.2. The first-order valence-electron chi connectivity index (χ1n) is 9.37. The number of benzene rings is 2. The molecule has 1 aliphatic rings. The predicted molar refractivity (Wildman–Crippen MR) is 106 cm³/mol. The molecule has 0 spiro atoms. The van der Waals surface area contributed by atoms with Gasteiger partial charge in [-0.1, -0.05) is 12.1 Å². The van der Waals surface area contributed by atoms with Crippen molar-refractivity contribution < 1.29 is 9.72 Å². The number of aromatic amines is 1. The van der Waals surface area contributed by atoms with Crippen molar-refractivity contribution in [2.24, 2.45) is 0 Å². The summed E-state index contributed by atoms with van der Waals surface area (Å²) < 4.78 is 0. The van der Waals surface area contributed by atoms with Crippen LogP contribution in [0.15, 0.2) is 42.5 Å². The van der Waals surface area contributed by atoms with Crippen LogP contribution in [0, 0.1) is 10.1 Å². The highest BCUT2D eigenvalue weighted by molar-refractivity contribution is 6.00. The Kier molecular flexibility index (Phi) is 4.92. The maximum Gasteiger partial charge on any atom is 0.270 e. The van der Waals surface area contributed by atoms with Gasteiger partial charge in [0.25, 0.3) is 11.6 Å². The summed E-state index contributed by atoms with van der Waals surface area (Å²) in [4.78, 5) is 33.3. The number of piperidine rings is 1. The summed E-state index contributed by atoms with van der Waals surface area (Å²) in [6.45, 7) is 1.92. The highest BCUT2D eigenvalue weighted by Crippen LogP contribution is 2.28. The lowest BCUT2D eigenvalue weighted by molar-refractivity contribution is -0.384. The van der Waals surface area contributed by atoms with Gasteiger partial charge in [-0.15, -0.1) is 0 Å². The second-order valence-corrected chi connectivity index (χ2v) is 6.89. The van der Waals surface area contributed by atoms with Crippen LogP contribution in [-0.4, -0.2) is 33.9 Å². The molecular formula is C20H21N5O3. The Morgan fingerprint density at radius 1 is 1.18 bits per heavy atom. The van der Waals surface area contributed by atoms with E-state index in [4.69, 9.17) is 0 Å². The van der Waals surface area contributed by atoms with E-state index >= 15 is 0 Å². The number of hydrogen-bond acceptors (Lipinski definition) is 5. The SMILES string of the molecule is O=C(NCc1nc2ccccc2[nH]1)c1cc([N+](=O)[O-])ccc1N1CCCCC1. The van der Waals surface area contributed by atoms with E-state index < -0.39 is 4.92 Å². The van der Waals surface area contributed by atoms with Gasteiger partial charge in [-0.05, 0) is 37.5 Å². The Balaban J connectivity index is 1.57. The summed E-state index contributed by atoms with van der Waals surface area (Å²) in [7, 11) is 0. The Bertz CT molecular complexity index is 991. The minimum atomic E-state index is -0.476. The number of anilines is 1. The summed E-state index contributed by atoms with van der Waals surface area (Å²) in [5, 5.41) is 14.0. The molecule has 144 valence electrons. The Morgan fingerprint density at radius 2 is 1.96 bits per heavy atom. The van der Waals surface area contributed by atoms with E-state index in [1.165, 1.54) is 12.1 Å². The Labute approximate surface area is 161 Å². The first-order valence-corrected chi connectivity index (χ1v) is 9.37. The topological polar surface area (TPSA) is 104 Å². The quantitative estimate of drug-likeness (QED) is 0.522. The summed E-state index contributed by atoms with van der Waals surface area (Å²) in [5.74, 6) is 0.296. The smallest absolute Gasteiger partial charge is 0.270 e. The average molecular weight is 379 g/mol. The molecule has 0 saturated carbocycles. The molecule has 0 aliphatic carbocycles. The highest BCUT2D eigenvalue weighted by Gasteiger charge is 2.22. The number of H-pyrrole nitrogens is 1. The molecule has 0 radical (unpaired) electrons. The number of amides is 1. The third-order valence-corrected chi connectivity index (χ3v) is 4.99. The van der Waals surface area contributed by atoms with Crippen LogP contribution in [0.1, 0.15) is 35.4 Å². The van der Waals surface area contributed by atoms with E-state index in [1.54, 1.807) is 6.07 Å². The predicted octanol–water partition coefficient (Wildman–Crippen LogP) is 3.39. The molecule has 2 N–H and O–H groups in total. The van der Waals surface area contributed by atoms with Crippen LogP contribution >= 0.6 is 0 Å². The monoisotopic (exact) mass is 379 g/mol. The van der Waals surface area contributed by atoms with E-state index in [2.05, 4.69) is 20.2 Å². The van der Waals surface area contributed by atoms with Crippen molar-refractivity contribution in [3.8, 4) is 0 Å². The van der Waals surface area contributed by atoms with Crippen LogP contribution in [0.25, 0.3) is 11.0 Å². The largest absolute Gasteiger partial charge is 0.371 e. The summed E-state index contributed by atoms with van der Waals surface area (Å²) in [5.41, 5.74) is 2.71. The number of nitro groups is 1. The minimum absolute atomic E-state index is 0.0883. The number of carbonyl (C=O) groups excluding carboxylic acids is 1. The zero-order valence-corrected chi connectivity index (χ0v) is 15.4. The number of non-ortho nitro benzene ring substituents is 1. The molecule has 1 amide bonds. The maximum atomic E-state index is 12.9. The van der Waals surface area contributed by atoms with Crippen LogP contribution in [0.5, 0.6) is 0 Å². The fourth-order valence-electron chi connectivity index (χ4n) is 3.58. The highest BCUT2D eigenvalue weighted by atomic mass is 16.6. The number of fused-ring (bicyclic) bond motifs is 1.